The lowest BCUT2D eigenvalue weighted by molar-refractivity contribution is -0.0802. The van der Waals surface area contributed by atoms with Gasteiger partial charge in [-0.3, -0.25) is 0 Å². The van der Waals surface area contributed by atoms with Gasteiger partial charge in [-0.25, -0.2) is 0 Å². The van der Waals surface area contributed by atoms with Gasteiger partial charge in [0.1, 0.15) is 0 Å². The third-order valence-electron chi connectivity index (χ3n) is 4.21. The van der Waals surface area contributed by atoms with Crippen LogP contribution in [0.1, 0.15) is 19.3 Å². The summed E-state index contributed by atoms with van der Waals surface area (Å²) in [6, 6.07) is 0. The number of ether oxygens (including phenoxy) is 2. The highest BCUT2D eigenvalue weighted by atomic mass is 16.5. The Bertz CT molecular complexity index is 261. The van der Waals surface area contributed by atoms with E-state index >= 15 is 0 Å². The van der Waals surface area contributed by atoms with E-state index in [2.05, 4.69) is 11.9 Å². The van der Waals surface area contributed by atoms with Crippen LogP contribution in [0.2, 0.25) is 0 Å². The van der Waals surface area contributed by atoms with Gasteiger partial charge >= 0.3 is 0 Å². The van der Waals surface area contributed by atoms with E-state index in [-0.39, 0.29) is 5.41 Å². The van der Waals surface area contributed by atoms with Crippen LogP contribution < -0.4 is 5.73 Å². The predicted molar refractivity (Wildman–Crippen MR) is 69.4 cm³/mol. The summed E-state index contributed by atoms with van der Waals surface area (Å²) in [5, 5.41) is 10.5. The van der Waals surface area contributed by atoms with Crippen molar-refractivity contribution < 1.29 is 14.6 Å². The average molecular weight is 258 g/mol. The number of likely N-dealkylation sites (N-methyl/N-ethyl adjacent to an activating group) is 1. The van der Waals surface area contributed by atoms with Crippen molar-refractivity contribution in [2.75, 3.05) is 53.1 Å². The molecule has 1 unspecified atom stereocenters. The Morgan fingerprint density at radius 3 is 2.33 bits per heavy atom. The molecule has 2 aliphatic rings. The van der Waals surface area contributed by atoms with Gasteiger partial charge in [-0.05, 0) is 13.5 Å². The number of nitrogens with zero attached hydrogens (tertiary/aromatic N) is 1. The third kappa shape index (κ3) is 3.42. The molecule has 2 aliphatic heterocycles. The van der Waals surface area contributed by atoms with Gasteiger partial charge in [0.05, 0.1) is 12.2 Å². The van der Waals surface area contributed by atoms with Crippen LogP contribution in [0.15, 0.2) is 0 Å². The maximum atomic E-state index is 10.5. The monoisotopic (exact) mass is 258 g/mol. The Balaban J connectivity index is 1.85. The summed E-state index contributed by atoms with van der Waals surface area (Å²) in [7, 11) is 2.06. The lowest BCUT2D eigenvalue weighted by Crippen LogP contribution is -2.49. The lowest BCUT2D eigenvalue weighted by Gasteiger charge is -2.38. The molecule has 5 nitrogen and oxygen atoms in total. The van der Waals surface area contributed by atoms with Crippen LogP contribution >= 0.6 is 0 Å². The molecule has 0 aromatic carbocycles. The minimum Gasteiger partial charge on any atom is -0.388 e. The van der Waals surface area contributed by atoms with E-state index in [0.717, 1.165) is 39.0 Å². The Kier molecular flexibility index (Phi) is 4.61. The first-order valence-electron chi connectivity index (χ1n) is 6.84. The number of rotatable bonds is 5. The minimum atomic E-state index is -0.595. The van der Waals surface area contributed by atoms with E-state index in [0.29, 0.717) is 26.3 Å². The van der Waals surface area contributed by atoms with Crippen LogP contribution in [0.25, 0.3) is 0 Å². The van der Waals surface area contributed by atoms with E-state index in [1.165, 1.54) is 0 Å². The zero-order valence-corrected chi connectivity index (χ0v) is 11.4. The second kappa shape index (κ2) is 5.84. The lowest BCUT2D eigenvalue weighted by atomic mass is 9.86. The first kappa shape index (κ1) is 14.2. The molecule has 1 atom stereocenters. The van der Waals surface area contributed by atoms with Crippen molar-refractivity contribution in [1.29, 1.82) is 0 Å². The Hall–Kier alpha value is -0.200. The quantitative estimate of drug-likeness (QED) is 0.716. The Morgan fingerprint density at radius 2 is 1.78 bits per heavy atom. The molecule has 0 radical (unpaired) electrons. The molecule has 0 spiro atoms. The van der Waals surface area contributed by atoms with Crippen LogP contribution in [-0.4, -0.2) is 68.7 Å². The molecule has 3 N–H and O–H groups in total. The molecule has 2 rings (SSSR count). The topological polar surface area (TPSA) is 68.0 Å². The van der Waals surface area contributed by atoms with E-state index in [1.54, 1.807) is 0 Å². The number of hydrogen-bond acceptors (Lipinski definition) is 5. The fourth-order valence-corrected chi connectivity index (χ4v) is 3.04. The van der Waals surface area contributed by atoms with Crippen molar-refractivity contribution in [1.82, 2.24) is 4.90 Å². The summed E-state index contributed by atoms with van der Waals surface area (Å²) in [5.41, 5.74) is 5.38. The summed E-state index contributed by atoms with van der Waals surface area (Å²) in [6.07, 6.45) is 2.47. The molecule has 106 valence electrons. The molecule has 5 heteroatoms. The van der Waals surface area contributed by atoms with Gasteiger partial charge in [-0.2, -0.15) is 0 Å². The summed E-state index contributed by atoms with van der Waals surface area (Å²) >= 11 is 0. The van der Waals surface area contributed by atoms with Crippen LogP contribution in [0, 0.1) is 5.41 Å². The summed E-state index contributed by atoms with van der Waals surface area (Å²) < 4.78 is 10.8. The maximum absolute atomic E-state index is 10.5. The molecule has 2 saturated heterocycles. The molecule has 0 aromatic rings. The van der Waals surface area contributed by atoms with Gasteiger partial charge in [0.15, 0.2) is 0 Å². The van der Waals surface area contributed by atoms with E-state index in [9.17, 15) is 5.11 Å². The maximum Gasteiger partial charge on any atom is 0.0817 e. The number of nitrogens with two attached hydrogens (primary N) is 1. The minimum absolute atomic E-state index is 0.0796. The van der Waals surface area contributed by atoms with Gasteiger partial charge in [-0.1, -0.05) is 0 Å². The summed E-state index contributed by atoms with van der Waals surface area (Å²) in [5.74, 6) is 0. The highest BCUT2D eigenvalue weighted by Gasteiger charge is 2.37. The molecule has 0 bridgehead atoms. The SMILES string of the molecule is CN(CC1(O)CCOCC1)CC1(CN)CCOC1. The number of hydrogen-bond donors (Lipinski definition) is 2. The second-order valence-corrected chi connectivity index (χ2v) is 6.02. The van der Waals surface area contributed by atoms with E-state index < -0.39 is 5.60 Å². The average Bonchev–Trinajstić information content (AvgIpc) is 2.78. The predicted octanol–water partition coefficient (Wildman–Crippen LogP) is -0.175. The molecular weight excluding hydrogens is 232 g/mol. The van der Waals surface area contributed by atoms with Crippen molar-refractivity contribution in [3.8, 4) is 0 Å². The van der Waals surface area contributed by atoms with E-state index in [1.807, 2.05) is 0 Å². The first-order chi connectivity index (χ1) is 8.58. The highest BCUT2D eigenvalue weighted by Crippen LogP contribution is 2.29. The normalized spacial score (nSPS) is 32.0. The summed E-state index contributed by atoms with van der Waals surface area (Å²) in [6.45, 7) is 5.12. The van der Waals surface area contributed by atoms with E-state index in [4.69, 9.17) is 15.2 Å². The summed E-state index contributed by atoms with van der Waals surface area (Å²) in [4.78, 5) is 2.20. The fourth-order valence-electron chi connectivity index (χ4n) is 3.04. The molecule has 2 heterocycles. The molecular formula is C13H26N2O3. The van der Waals surface area contributed by atoms with Crippen LogP contribution in [-0.2, 0) is 9.47 Å². The standard InChI is InChI=1S/C13H26N2O3/c1-15(9-12(8-14)2-5-18-11-12)10-13(16)3-6-17-7-4-13/h16H,2-11,14H2,1H3. The second-order valence-electron chi connectivity index (χ2n) is 6.02. The molecule has 0 saturated carbocycles. The van der Waals surface area contributed by atoms with Gasteiger partial charge < -0.3 is 25.2 Å². The van der Waals surface area contributed by atoms with Gasteiger partial charge in [0.25, 0.3) is 0 Å². The van der Waals surface area contributed by atoms with Gasteiger partial charge in [0, 0.05) is 57.7 Å². The molecule has 0 amide bonds. The number of aliphatic hydroxyl groups is 1. The fraction of sp³-hybridized carbons (Fsp3) is 1.00. The molecule has 0 aliphatic carbocycles. The first-order valence-corrected chi connectivity index (χ1v) is 6.84. The van der Waals surface area contributed by atoms with Crippen LogP contribution in [0.5, 0.6) is 0 Å². The largest absolute Gasteiger partial charge is 0.388 e. The van der Waals surface area contributed by atoms with Crippen molar-refractivity contribution in [2.24, 2.45) is 11.1 Å². The van der Waals surface area contributed by atoms with Crippen molar-refractivity contribution in [3.63, 3.8) is 0 Å². The van der Waals surface area contributed by atoms with Crippen LogP contribution in [0.4, 0.5) is 0 Å². The molecule has 18 heavy (non-hydrogen) atoms. The third-order valence-corrected chi connectivity index (χ3v) is 4.21. The van der Waals surface area contributed by atoms with Gasteiger partial charge in [0.2, 0.25) is 0 Å². The Morgan fingerprint density at radius 1 is 1.11 bits per heavy atom. The van der Waals surface area contributed by atoms with Crippen molar-refractivity contribution >= 4 is 0 Å². The molecule has 2 fully saturated rings. The Labute approximate surface area is 109 Å². The zero-order chi connectivity index (χ0) is 13.1. The van der Waals surface area contributed by atoms with Crippen molar-refractivity contribution in [3.05, 3.63) is 0 Å². The van der Waals surface area contributed by atoms with Gasteiger partial charge in [-0.15, -0.1) is 0 Å². The zero-order valence-electron chi connectivity index (χ0n) is 11.4. The highest BCUT2D eigenvalue weighted by molar-refractivity contribution is 4.90. The van der Waals surface area contributed by atoms with Crippen LogP contribution in [0.3, 0.4) is 0 Å². The molecule has 0 aromatic heterocycles. The smallest absolute Gasteiger partial charge is 0.0817 e. The van der Waals surface area contributed by atoms with Crippen molar-refractivity contribution in [2.45, 2.75) is 24.9 Å².